The van der Waals surface area contributed by atoms with Gasteiger partial charge in [0, 0.05) is 17.1 Å². The number of amides is 1. The number of carbonyl (C=O) groups excluding carboxylic acids is 1. The maximum absolute atomic E-state index is 13.8. The van der Waals surface area contributed by atoms with Crippen molar-refractivity contribution >= 4 is 17.2 Å². The summed E-state index contributed by atoms with van der Waals surface area (Å²) in [5.41, 5.74) is 2.00. The van der Waals surface area contributed by atoms with Crippen LogP contribution in [0.1, 0.15) is 32.7 Å². The highest BCUT2D eigenvalue weighted by molar-refractivity contribution is 7.10. The van der Waals surface area contributed by atoms with Crippen LogP contribution in [0.15, 0.2) is 47.8 Å². The molecule has 2 aromatic heterocycles. The molecule has 0 bridgehead atoms. The Labute approximate surface area is 143 Å². The molecule has 1 aromatic carbocycles. The Bertz CT molecular complexity index is 842. The number of aryl methyl sites for hydroxylation is 2. The lowest BCUT2D eigenvalue weighted by atomic mass is 10.2. The Morgan fingerprint density at radius 2 is 2.08 bits per heavy atom. The Kier molecular flexibility index (Phi) is 4.76. The molecule has 1 amide bonds. The first-order valence-corrected chi connectivity index (χ1v) is 8.53. The molecule has 1 atom stereocenters. The van der Waals surface area contributed by atoms with E-state index in [1.54, 1.807) is 23.5 Å². The summed E-state index contributed by atoms with van der Waals surface area (Å²) >= 11 is 1.61. The van der Waals surface area contributed by atoms with Gasteiger partial charge in [0.05, 0.1) is 11.3 Å². The van der Waals surface area contributed by atoms with E-state index >= 15 is 0 Å². The molecule has 0 unspecified atom stereocenters. The van der Waals surface area contributed by atoms with E-state index in [1.165, 1.54) is 12.1 Å². The summed E-state index contributed by atoms with van der Waals surface area (Å²) in [7, 11) is 0. The fraction of sp³-hybridized carbons (Fsp3) is 0.222. The summed E-state index contributed by atoms with van der Waals surface area (Å²) in [5, 5.41) is 9.36. The molecule has 0 aliphatic carbocycles. The van der Waals surface area contributed by atoms with Gasteiger partial charge in [-0.25, -0.2) is 4.39 Å². The van der Waals surface area contributed by atoms with Crippen molar-refractivity contribution in [2.24, 2.45) is 0 Å². The molecule has 0 saturated carbocycles. The predicted octanol–water partition coefficient (Wildman–Crippen LogP) is 3.72. The number of carbonyl (C=O) groups is 1. The number of aromatic nitrogens is 2. The van der Waals surface area contributed by atoms with Crippen LogP contribution in [-0.2, 0) is 0 Å². The molecule has 24 heavy (non-hydrogen) atoms. The number of hydrogen-bond acceptors (Lipinski definition) is 3. The van der Waals surface area contributed by atoms with Crippen LogP contribution in [0.4, 0.5) is 4.39 Å². The van der Waals surface area contributed by atoms with Gasteiger partial charge in [0.2, 0.25) is 0 Å². The molecule has 3 aromatic rings. The molecule has 124 valence electrons. The molecule has 3 rings (SSSR count). The third kappa shape index (κ3) is 3.38. The molecular formula is C18H18FN3OS. The highest BCUT2D eigenvalue weighted by Crippen LogP contribution is 2.24. The molecule has 0 fully saturated rings. The van der Waals surface area contributed by atoms with Crippen LogP contribution in [0.2, 0.25) is 0 Å². The minimum absolute atomic E-state index is 0.0517. The summed E-state index contributed by atoms with van der Waals surface area (Å²) in [6.45, 7) is 4.27. The van der Waals surface area contributed by atoms with Crippen LogP contribution in [0.25, 0.3) is 0 Å². The van der Waals surface area contributed by atoms with E-state index < -0.39 is 11.7 Å². The fourth-order valence-corrected chi connectivity index (χ4v) is 3.49. The van der Waals surface area contributed by atoms with Crippen molar-refractivity contribution in [2.45, 2.75) is 19.9 Å². The van der Waals surface area contributed by atoms with E-state index in [9.17, 15) is 9.18 Å². The van der Waals surface area contributed by atoms with Crippen LogP contribution < -0.4 is 5.32 Å². The van der Waals surface area contributed by atoms with Gasteiger partial charge in [0.1, 0.15) is 11.9 Å². The molecule has 0 aliphatic heterocycles. The first-order valence-electron chi connectivity index (χ1n) is 7.65. The first kappa shape index (κ1) is 16.4. The van der Waals surface area contributed by atoms with Crippen molar-refractivity contribution in [1.82, 2.24) is 15.1 Å². The van der Waals surface area contributed by atoms with Gasteiger partial charge in [0.25, 0.3) is 5.91 Å². The van der Waals surface area contributed by atoms with Crippen LogP contribution in [0, 0.1) is 19.7 Å². The minimum Gasteiger partial charge on any atom is -0.349 e. The second kappa shape index (κ2) is 6.97. The summed E-state index contributed by atoms with van der Waals surface area (Å²) < 4.78 is 15.7. The molecule has 2 heterocycles. The Morgan fingerprint density at radius 3 is 2.71 bits per heavy atom. The van der Waals surface area contributed by atoms with Crippen LogP contribution in [0.5, 0.6) is 0 Å². The van der Waals surface area contributed by atoms with Gasteiger partial charge in [-0.1, -0.05) is 18.2 Å². The average molecular weight is 343 g/mol. The predicted molar refractivity (Wildman–Crippen MR) is 92.9 cm³/mol. The largest absolute Gasteiger partial charge is 0.349 e. The van der Waals surface area contributed by atoms with Gasteiger partial charge in [0.15, 0.2) is 0 Å². The first-order chi connectivity index (χ1) is 11.6. The van der Waals surface area contributed by atoms with Crippen molar-refractivity contribution in [2.75, 3.05) is 6.54 Å². The number of thiophene rings is 1. The fourth-order valence-electron chi connectivity index (χ4n) is 2.68. The molecule has 1 N–H and O–H groups in total. The van der Waals surface area contributed by atoms with Crippen molar-refractivity contribution in [1.29, 1.82) is 0 Å². The van der Waals surface area contributed by atoms with Gasteiger partial charge in [-0.05, 0) is 43.5 Å². The SMILES string of the molecule is Cc1cc(C)n([C@@H](CNC(=O)c2ccccc2F)c2cccs2)n1. The molecule has 6 heteroatoms. The summed E-state index contributed by atoms with van der Waals surface area (Å²) in [6, 6.07) is 11.8. The third-order valence-corrected chi connectivity index (χ3v) is 4.76. The summed E-state index contributed by atoms with van der Waals surface area (Å²) in [4.78, 5) is 13.4. The van der Waals surface area contributed by atoms with Crippen molar-refractivity contribution in [3.63, 3.8) is 0 Å². The normalized spacial score (nSPS) is 12.1. The minimum atomic E-state index is -0.520. The summed E-state index contributed by atoms with van der Waals surface area (Å²) in [5.74, 6) is -0.940. The van der Waals surface area contributed by atoms with Crippen LogP contribution in [-0.4, -0.2) is 22.2 Å². The van der Waals surface area contributed by atoms with Gasteiger partial charge in [-0.15, -0.1) is 11.3 Å². The van der Waals surface area contributed by atoms with E-state index in [1.807, 2.05) is 42.1 Å². The van der Waals surface area contributed by atoms with Gasteiger partial charge >= 0.3 is 0 Å². The summed E-state index contributed by atoms with van der Waals surface area (Å²) in [6.07, 6.45) is 0. The zero-order chi connectivity index (χ0) is 17.1. The quantitative estimate of drug-likeness (QED) is 0.767. The highest BCUT2D eigenvalue weighted by Gasteiger charge is 2.20. The van der Waals surface area contributed by atoms with Gasteiger partial charge in [-0.2, -0.15) is 5.10 Å². The second-order valence-electron chi connectivity index (χ2n) is 5.59. The number of nitrogens with one attached hydrogen (secondary N) is 1. The third-order valence-electron chi connectivity index (χ3n) is 3.79. The highest BCUT2D eigenvalue weighted by atomic mass is 32.1. The lowest BCUT2D eigenvalue weighted by molar-refractivity contribution is 0.0945. The Morgan fingerprint density at radius 1 is 1.29 bits per heavy atom. The maximum Gasteiger partial charge on any atom is 0.254 e. The smallest absolute Gasteiger partial charge is 0.254 e. The average Bonchev–Trinajstić information content (AvgIpc) is 3.18. The van der Waals surface area contributed by atoms with Gasteiger partial charge in [-0.3, -0.25) is 9.48 Å². The van der Waals surface area contributed by atoms with E-state index in [-0.39, 0.29) is 11.6 Å². The van der Waals surface area contributed by atoms with E-state index in [4.69, 9.17) is 0 Å². The van der Waals surface area contributed by atoms with Crippen molar-refractivity contribution < 1.29 is 9.18 Å². The second-order valence-corrected chi connectivity index (χ2v) is 6.57. The van der Waals surface area contributed by atoms with E-state index in [0.717, 1.165) is 16.3 Å². The molecule has 4 nitrogen and oxygen atoms in total. The van der Waals surface area contributed by atoms with E-state index in [2.05, 4.69) is 10.4 Å². The lowest BCUT2D eigenvalue weighted by Crippen LogP contribution is -2.32. The lowest BCUT2D eigenvalue weighted by Gasteiger charge is -2.19. The number of hydrogen-bond donors (Lipinski definition) is 1. The van der Waals surface area contributed by atoms with Gasteiger partial charge < -0.3 is 5.32 Å². The maximum atomic E-state index is 13.8. The topological polar surface area (TPSA) is 46.9 Å². The standard InChI is InChI=1S/C18H18FN3OS/c1-12-10-13(2)22(21-12)16(17-8-5-9-24-17)11-20-18(23)14-6-3-4-7-15(14)19/h3-10,16H,11H2,1-2H3,(H,20,23)/t16-/m0/s1. The van der Waals surface area contributed by atoms with Crippen LogP contribution in [0.3, 0.4) is 0 Å². The zero-order valence-corrected chi connectivity index (χ0v) is 14.3. The van der Waals surface area contributed by atoms with Crippen molar-refractivity contribution in [3.8, 4) is 0 Å². The Balaban J connectivity index is 1.82. The molecular weight excluding hydrogens is 325 g/mol. The molecule has 0 spiro atoms. The molecule has 0 saturated heterocycles. The number of benzene rings is 1. The molecule has 0 aliphatic rings. The number of nitrogens with zero attached hydrogens (tertiary/aromatic N) is 2. The number of halogens is 1. The Hall–Kier alpha value is -2.47. The zero-order valence-electron chi connectivity index (χ0n) is 13.5. The monoisotopic (exact) mass is 343 g/mol. The number of rotatable bonds is 5. The van der Waals surface area contributed by atoms with Crippen molar-refractivity contribution in [3.05, 3.63) is 75.5 Å². The van der Waals surface area contributed by atoms with Crippen LogP contribution >= 0.6 is 11.3 Å². The van der Waals surface area contributed by atoms with E-state index in [0.29, 0.717) is 6.54 Å². The molecule has 0 radical (unpaired) electrons.